The van der Waals surface area contributed by atoms with Crippen molar-refractivity contribution < 1.29 is 4.79 Å². The summed E-state index contributed by atoms with van der Waals surface area (Å²) < 4.78 is 0. The number of rotatable bonds is 4. The van der Waals surface area contributed by atoms with Crippen molar-refractivity contribution in [2.24, 2.45) is 0 Å². The Morgan fingerprint density at radius 2 is 1.80 bits per heavy atom. The smallest absolute Gasteiger partial charge is 0.130 e. The summed E-state index contributed by atoms with van der Waals surface area (Å²) in [6, 6.07) is 8.46. The second-order valence-corrected chi connectivity index (χ2v) is 3.99. The molecule has 0 amide bonds. The summed E-state index contributed by atoms with van der Waals surface area (Å²) in [5.74, 6) is 0.253. The number of aryl methyl sites for hydroxylation is 1. The van der Waals surface area contributed by atoms with Crippen LogP contribution in [0.1, 0.15) is 37.8 Å². The summed E-state index contributed by atoms with van der Waals surface area (Å²) >= 11 is 0. The van der Waals surface area contributed by atoms with Crippen molar-refractivity contribution in [2.75, 3.05) is 0 Å². The number of carbonyl (C=O) groups is 1. The number of hydrogen-bond donors (Lipinski definition) is 0. The van der Waals surface area contributed by atoms with Crippen LogP contribution >= 0.6 is 0 Å². The maximum atomic E-state index is 10.8. The number of benzene rings is 1. The Bertz CT molecular complexity index is 357. The molecule has 0 unspecified atom stereocenters. The monoisotopic (exact) mass is 202 g/mol. The van der Waals surface area contributed by atoms with E-state index >= 15 is 0 Å². The predicted octanol–water partition coefficient (Wildman–Crippen LogP) is 3.77. The first kappa shape index (κ1) is 11.7. The van der Waals surface area contributed by atoms with Crippen LogP contribution in [0.15, 0.2) is 30.3 Å². The molecular formula is C14H18O. The molecule has 0 radical (unpaired) electrons. The highest BCUT2D eigenvalue weighted by atomic mass is 16.1. The van der Waals surface area contributed by atoms with Crippen LogP contribution in [0, 0.1) is 6.92 Å². The third-order valence-electron chi connectivity index (χ3n) is 2.45. The summed E-state index contributed by atoms with van der Waals surface area (Å²) in [7, 11) is 0. The third kappa shape index (κ3) is 4.11. The molecule has 1 aromatic rings. The van der Waals surface area contributed by atoms with Gasteiger partial charge in [-0.3, -0.25) is 0 Å². The van der Waals surface area contributed by atoms with E-state index in [9.17, 15) is 4.79 Å². The van der Waals surface area contributed by atoms with Gasteiger partial charge in [0, 0.05) is 6.42 Å². The Morgan fingerprint density at radius 3 is 2.33 bits per heavy atom. The van der Waals surface area contributed by atoms with Crippen molar-refractivity contribution in [3.63, 3.8) is 0 Å². The third-order valence-corrected chi connectivity index (χ3v) is 2.45. The molecule has 0 aliphatic carbocycles. The van der Waals surface area contributed by atoms with Crippen molar-refractivity contribution in [1.82, 2.24) is 0 Å². The summed E-state index contributed by atoms with van der Waals surface area (Å²) in [6.45, 7) is 5.80. The van der Waals surface area contributed by atoms with Crippen molar-refractivity contribution in [3.8, 4) is 0 Å². The summed E-state index contributed by atoms with van der Waals surface area (Å²) in [5, 5.41) is 0. The Labute approximate surface area is 91.8 Å². The van der Waals surface area contributed by atoms with Gasteiger partial charge in [0.05, 0.1) is 0 Å². The maximum absolute atomic E-state index is 10.8. The van der Waals surface area contributed by atoms with Gasteiger partial charge >= 0.3 is 0 Å². The lowest BCUT2D eigenvalue weighted by Gasteiger charge is -2.02. The lowest BCUT2D eigenvalue weighted by molar-refractivity contribution is -0.116. The van der Waals surface area contributed by atoms with Crippen LogP contribution in [-0.2, 0) is 4.79 Å². The van der Waals surface area contributed by atoms with E-state index in [2.05, 4.69) is 44.2 Å². The number of Topliss-reactive ketones (excluding diaryl/α,β-unsaturated/α-hetero) is 1. The van der Waals surface area contributed by atoms with Crippen LogP contribution in [0.5, 0.6) is 0 Å². The minimum atomic E-state index is 0.253. The van der Waals surface area contributed by atoms with Gasteiger partial charge in [-0.15, -0.1) is 0 Å². The zero-order valence-corrected chi connectivity index (χ0v) is 9.71. The van der Waals surface area contributed by atoms with Crippen molar-refractivity contribution in [1.29, 1.82) is 0 Å². The van der Waals surface area contributed by atoms with Gasteiger partial charge in [-0.1, -0.05) is 35.9 Å². The molecule has 0 N–H and O–H groups in total. The molecule has 0 saturated carbocycles. The Morgan fingerprint density at radius 1 is 1.20 bits per heavy atom. The van der Waals surface area contributed by atoms with E-state index in [0.29, 0.717) is 6.42 Å². The second-order valence-electron chi connectivity index (χ2n) is 3.99. The molecule has 0 aliphatic heterocycles. The minimum Gasteiger partial charge on any atom is -0.300 e. The molecule has 1 rings (SSSR count). The summed E-state index contributed by atoms with van der Waals surface area (Å²) in [4.78, 5) is 10.8. The Balaban J connectivity index is 2.63. The first-order valence-corrected chi connectivity index (χ1v) is 5.33. The van der Waals surface area contributed by atoms with E-state index < -0.39 is 0 Å². The van der Waals surface area contributed by atoms with Gasteiger partial charge in [0.2, 0.25) is 0 Å². The quantitative estimate of drug-likeness (QED) is 0.726. The van der Waals surface area contributed by atoms with Gasteiger partial charge < -0.3 is 4.79 Å². The molecule has 0 heterocycles. The molecule has 1 nitrogen and oxygen atoms in total. The van der Waals surface area contributed by atoms with E-state index in [4.69, 9.17) is 0 Å². The fraction of sp³-hybridized carbons (Fsp3) is 0.357. The zero-order chi connectivity index (χ0) is 11.3. The average Bonchev–Trinajstić information content (AvgIpc) is 2.18. The van der Waals surface area contributed by atoms with Crippen LogP contribution < -0.4 is 0 Å². The van der Waals surface area contributed by atoms with Gasteiger partial charge in [0.25, 0.3) is 0 Å². The van der Waals surface area contributed by atoms with Crippen LogP contribution in [0.25, 0.3) is 5.57 Å². The normalized spacial score (nSPS) is 11.5. The predicted molar refractivity (Wildman–Crippen MR) is 64.7 cm³/mol. The molecule has 1 aromatic carbocycles. The van der Waals surface area contributed by atoms with Crippen LogP contribution in [0.3, 0.4) is 0 Å². The van der Waals surface area contributed by atoms with Gasteiger partial charge in [-0.25, -0.2) is 0 Å². The first-order valence-electron chi connectivity index (χ1n) is 5.33. The van der Waals surface area contributed by atoms with Gasteiger partial charge in [0.1, 0.15) is 5.78 Å². The Hall–Kier alpha value is -1.37. The minimum absolute atomic E-state index is 0.253. The molecular weight excluding hydrogens is 184 g/mol. The van der Waals surface area contributed by atoms with Crippen molar-refractivity contribution >= 4 is 11.4 Å². The van der Waals surface area contributed by atoms with E-state index in [1.165, 1.54) is 16.7 Å². The van der Waals surface area contributed by atoms with Crippen LogP contribution in [0.2, 0.25) is 0 Å². The van der Waals surface area contributed by atoms with Crippen LogP contribution in [0.4, 0.5) is 0 Å². The molecule has 1 heteroatoms. The van der Waals surface area contributed by atoms with Gasteiger partial charge in [-0.2, -0.15) is 0 Å². The molecule has 0 aromatic heterocycles. The molecule has 0 bridgehead atoms. The number of ketones is 1. The molecule has 0 spiro atoms. The largest absolute Gasteiger partial charge is 0.300 e. The van der Waals surface area contributed by atoms with E-state index in [1.54, 1.807) is 6.92 Å². The molecule has 15 heavy (non-hydrogen) atoms. The molecule has 0 saturated heterocycles. The molecule has 0 aliphatic rings. The van der Waals surface area contributed by atoms with E-state index in [-0.39, 0.29) is 5.78 Å². The van der Waals surface area contributed by atoms with Crippen LogP contribution in [-0.4, -0.2) is 5.78 Å². The second kappa shape index (κ2) is 5.50. The highest BCUT2D eigenvalue weighted by molar-refractivity contribution is 5.76. The Kier molecular flexibility index (Phi) is 4.29. The van der Waals surface area contributed by atoms with E-state index in [1.807, 2.05) is 0 Å². The number of carbonyl (C=O) groups excluding carboxylic acids is 1. The maximum Gasteiger partial charge on any atom is 0.130 e. The lowest BCUT2D eigenvalue weighted by Crippen LogP contribution is -1.87. The lowest BCUT2D eigenvalue weighted by atomic mass is 10.0. The zero-order valence-electron chi connectivity index (χ0n) is 9.71. The highest BCUT2D eigenvalue weighted by Gasteiger charge is 1.95. The number of allylic oxidation sites excluding steroid dienone is 2. The SMILES string of the molecule is CC(=O)CCC=C(C)c1ccc(C)cc1. The highest BCUT2D eigenvalue weighted by Crippen LogP contribution is 2.15. The van der Waals surface area contributed by atoms with Crippen molar-refractivity contribution in [2.45, 2.75) is 33.6 Å². The average molecular weight is 202 g/mol. The van der Waals surface area contributed by atoms with Gasteiger partial charge in [-0.05, 0) is 38.3 Å². The standard InChI is InChI=1S/C14H18O/c1-11-7-9-14(10-8-11)12(2)5-4-6-13(3)15/h5,7-10H,4,6H2,1-3H3. The van der Waals surface area contributed by atoms with Gasteiger partial charge in [0.15, 0.2) is 0 Å². The first-order chi connectivity index (χ1) is 7.09. The van der Waals surface area contributed by atoms with E-state index in [0.717, 1.165) is 6.42 Å². The molecule has 0 fully saturated rings. The topological polar surface area (TPSA) is 17.1 Å². The fourth-order valence-corrected chi connectivity index (χ4v) is 1.43. The molecule has 80 valence electrons. The number of hydrogen-bond acceptors (Lipinski definition) is 1. The summed E-state index contributed by atoms with van der Waals surface area (Å²) in [5.41, 5.74) is 3.76. The summed E-state index contributed by atoms with van der Waals surface area (Å²) in [6.07, 6.45) is 3.62. The molecule has 0 atom stereocenters. The van der Waals surface area contributed by atoms with Crippen molar-refractivity contribution in [3.05, 3.63) is 41.5 Å². The fourth-order valence-electron chi connectivity index (χ4n) is 1.43.